The fraction of sp³-hybridized carbons (Fsp3) is 0.211. The first-order chi connectivity index (χ1) is 12.3. The standard InChI is InChI=1S/C19H16Cl4N2O/c1-25(2)9-18(26)12-8-17(10-3-4-14(21)15(22)5-10)24-19-13(12)6-11(20)7-16(19)23/h3-8,18,26H,9H2,1-2H3. The molecule has 0 aliphatic rings. The van der Waals surface area contributed by atoms with Gasteiger partial charge in [-0.2, -0.15) is 0 Å². The quantitative estimate of drug-likeness (QED) is 0.543. The van der Waals surface area contributed by atoms with Crippen molar-refractivity contribution in [2.45, 2.75) is 6.10 Å². The van der Waals surface area contributed by atoms with Crippen LogP contribution in [0.4, 0.5) is 0 Å². The zero-order valence-corrected chi connectivity index (χ0v) is 17.1. The van der Waals surface area contributed by atoms with Crippen LogP contribution in [0.25, 0.3) is 22.2 Å². The number of aliphatic hydroxyl groups is 1. The number of aliphatic hydroxyl groups excluding tert-OH is 1. The molecule has 7 heteroatoms. The SMILES string of the molecule is CN(C)CC(O)c1cc(-c2ccc(Cl)c(Cl)c2)nc2c(Cl)cc(Cl)cc12. The Kier molecular flexibility index (Phi) is 5.97. The lowest BCUT2D eigenvalue weighted by Gasteiger charge is -2.19. The zero-order valence-electron chi connectivity index (χ0n) is 14.1. The van der Waals surface area contributed by atoms with Crippen LogP contribution in [0.5, 0.6) is 0 Å². The van der Waals surface area contributed by atoms with Crippen LogP contribution in [0, 0.1) is 0 Å². The van der Waals surface area contributed by atoms with E-state index in [1.807, 2.05) is 31.1 Å². The second kappa shape index (κ2) is 7.89. The number of halogens is 4. The van der Waals surface area contributed by atoms with Gasteiger partial charge in [-0.1, -0.05) is 52.5 Å². The van der Waals surface area contributed by atoms with E-state index in [-0.39, 0.29) is 0 Å². The first-order valence-corrected chi connectivity index (χ1v) is 9.35. The zero-order chi connectivity index (χ0) is 19.0. The lowest BCUT2D eigenvalue weighted by molar-refractivity contribution is 0.139. The van der Waals surface area contributed by atoms with Crippen molar-refractivity contribution < 1.29 is 5.11 Å². The van der Waals surface area contributed by atoms with Crippen molar-refractivity contribution in [2.75, 3.05) is 20.6 Å². The predicted octanol–water partition coefficient (Wildman–Crippen LogP) is 6.11. The number of benzene rings is 2. The highest BCUT2D eigenvalue weighted by Gasteiger charge is 2.18. The summed E-state index contributed by atoms with van der Waals surface area (Å²) >= 11 is 24.7. The van der Waals surface area contributed by atoms with Gasteiger partial charge in [-0.15, -0.1) is 0 Å². The van der Waals surface area contributed by atoms with E-state index in [1.165, 1.54) is 0 Å². The van der Waals surface area contributed by atoms with E-state index < -0.39 is 6.10 Å². The summed E-state index contributed by atoms with van der Waals surface area (Å²) in [4.78, 5) is 6.57. The van der Waals surface area contributed by atoms with Gasteiger partial charge in [0, 0.05) is 22.5 Å². The van der Waals surface area contributed by atoms with Crippen molar-refractivity contribution in [1.29, 1.82) is 0 Å². The first kappa shape index (κ1) is 19.7. The van der Waals surface area contributed by atoms with E-state index in [1.54, 1.807) is 24.3 Å². The molecular formula is C19H16Cl4N2O. The van der Waals surface area contributed by atoms with Crippen LogP contribution >= 0.6 is 46.4 Å². The molecular weight excluding hydrogens is 414 g/mol. The molecule has 0 radical (unpaired) electrons. The maximum Gasteiger partial charge on any atom is 0.0924 e. The van der Waals surface area contributed by atoms with Crippen LogP contribution in [-0.2, 0) is 0 Å². The molecule has 0 amide bonds. The van der Waals surface area contributed by atoms with Crippen molar-refractivity contribution in [3.63, 3.8) is 0 Å². The third kappa shape index (κ3) is 4.09. The van der Waals surface area contributed by atoms with E-state index in [2.05, 4.69) is 4.98 Å². The monoisotopic (exact) mass is 428 g/mol. The molecule has 0 aliphatic heterocycles. The molecule has 1 unspecified atom stereocenters. The van der Waals surface area contributed by atoms with Gasteiger partial charge in [0.2, 0.25) is 0 Å². The van der Waals surface area contributed by atoms with Crippen LogP contribution in [-0.4, -0.2) is 35.6 Å². The fourth-order valence-corrected chi connectivity index (χ4v) is 3.63. The molecule has 0 spiro atoms. The molecule has 1 atom stereocenters. The summed E-state index contributed by atoms with van der Waals surface area (Å²) in [5.41, 5.74) is 2.71. The maximum absolute atomic E-state index is 10.7. The minimum Gasteiger partial charge on any atom is -0.387 e. The molecule has 136 valence electrons. The Morgan fingerprint density at radius 3 is 2.35 bits per heavy atom. The Hall–Kier alpha value is -1.07. The van der Waals surface area contributed by atoms with Crippen molar-refractivity contribution in [3.8, 4) is 11.3 Å². The number of fused-ring (bicyclic) bond motifs is 1. The van der Waals surface area contributed by atoms with E-state index in [4.69, 9.17) is 46.4 Å². The van der Waals surface area contributed by atoms with Crippen molar-refractivity contribution in [1.82, 2.24) is 9.88 Å². The van der Waals surface area contributed by atoms with Gasteiger partial charge in [-0.05, 0) is 50.0 Å². The van der Waals surface area contributed by atoms with Gasteiger partial charge < -0.3 is 10.0 Å². The van der Waals surface area contributed by atoms with Gasteiger partial charge >= 0.3 is 0 Å². The van der Waals surface area contributed by atoms with E-state index in [0.717, 1.165) is 10.9 Å². The fourth-order valence-electron chi connectivity index (χ4n) is 2.80. The van der Waals surface area contributed by atoms with Gasteiger partial charge in [-0.25, -0.2) is 4.98 Å². The number of likely N-dealkylation sites (N-methyl/N-ethyl adjacent to an activating group) is 1. The van der Waals surface area contributed by atoms with E-state index >= 15 is 0 Å². The molecule has 1 N–H and O–H groups in total. The topological polar surface area (TPSA) is 36.4 Å². The van der Waals surface area contributed by atoms with Gasteiger partial charge in [0.1, 0.15) is 0 Å². The maximum atomic E-state index is 10.7. The molecule has 2 aromatic carbocycles. The molecule has 0 bridgehead atoms. The number of hydrogen-bond donors (Lipinski definition) is 1. The highest BCUT2D eigenvalue weighted by Crippen LogP contribution is 2.36. The summed E-state index contributed by atoms with van der Waals surface area (Å²) < 4.78 is 0. The van der Waals surface area contributed by atoms with Crippen LogP contribution in [0.15, 0.2) is 36.4 Å². The summed E-state index contributed by atoms with van der Waals surface area (Å²) in [5.74, 6) is 0. The number of aromatic nitrogens is 1. The normalized spacial score (nSPS) is 12.8. The van der Waals surface area contributed by atoms with E-state index in [0.29, 0.717) is 43.4 Å². The summed E-state index contributed by atoms with van der Waals surface area (Å²) in [6, 6.07) is 10.5. The van der Waals surface area contributed by atoms with Crippen molar-refractivity contribution in [3.05, 3.63) is 62.1 Å². The molecule has 0 fully saturated rings. The number of pyridine rings is 1. The Bertz CT molecular complexity index is 975. The van der Waals surface area contributed by atoms with Crippen molar-refractivity contribution in [2.24, 2.45) is 0 Å². The highest BCUT2D eigenvalue weighted by molar-refractivity contribution is 6.42. The second-order valence-electron chi connectivity index (χ2n) is 6.29. The summed E-state index contributed by atoms with van der Waals surface area (Å²) in [7, 11) is 3.79. The van der Waals surface area contributed by atoms with Gasteiger partial charge in [0.15, 0.2) is 0 Å². The van der Waals surface area contributed by atoms with Crippen LogP contribution in [0.1, 0.15) is 11.7 Å². The molecule has 0 aliphatic carbocycles. The van der Waals surface area contributed by atoms with E-state index in [9.17, 15) is 5.11 Å². The molecule has 3 aromatic rings. The minimum absolute atomic E-state index is 0.424. The molecule has 3 rings (SSSR count). The van der Waals surface area contributed by atoms with Gasteiger partial charge in [0.25, 0.3) is 0 Å². The second-order valence-corrected chi connectivity index (χ2v) is 7.95. The molecule has 0 saturated carbocycles. The number of nitrogens with zero attached hydrogens (tertiary/aromatic N) is 2. The molecule has 1 heterocycles. The Labute approximate surface area is 172 Å². The average Bonchev–Trinajstić information content (AvgIpc) is 2.56. The molecule has 0 saturated heterocycles. The predicted molar refractivity (Wildman–Crippen MR) is 111 cm³/mol. The summed E-state index contributed by atoms with van der Waals surface area (Å²) in [5, 5.41) is 13.3. The van der Waals surface area contributed by atoms with Gasteiger partial charge in [0.05, 0.1) is 32.4 Å². The lowest BCUT2D eigenvalue weighted by Crippen LogP contribution is -2.20. The van der Waals surface area contributed by atoms with Crippen molar-refractivity contribution >= 4 is 57.3 Å². The lowest BCUT2D eigenvalue weighted by atomic mass is 10.00. The number of hydrogen-bond acceptors (Lipinski definition) is 3. The van der Waals surface area contributed by atoms with Gasteiger partial charge in [-0.3, -0.25) is 0 Å². The Morgan fingerprint density at radius 1 is 0.962 bits per heavy atom. The molecule has 1 aromatic heterocycles. The third-order valence-electron chi connectivity index (χ3n) is 3.98. The van der Waals surface area contributed by atoms with Crippen LogP contribution in [0.2, 0.25) is 20.1 Å². The Balaban J connectivity index is 2.26. The summed E-state index contributed by atoms with van der Waals surface area (Å²) in [6.07, 6.45) is -0.730. The smallest absolute Gasteiger partial charge is 0.0924 e. The first-order valence-electron chi connectivity index (χ1n) is 7.84. The molecule has 3 nitrogen and oxygen atoms in total. The summed E-state index contributed by atoms with van der Waals surface area (Å²) in [6.45, 7) is 0.448. The minimum atomic E-state index is -0.730. The molecule has 26 heavy (non-hydrogen) atoms. The Morgan fingerprint density at radius 2 is 1.69 bits per heavy atom. The highest BCUT2D eigenvalue weighted by atomic mass is 35.5. The third-order valence-corrected chi connectivity index (χ3v) is 5.22. The van der Waals surface area contributed by atoms with Crippen LogP contribution in [0.3, 0.4) is 0 Å². The van der Waals surface area contributed by atoms with Crippen LogP contribution < -0.4 is 0 Å². The largest absolute Gasteiger partial charge is 0.387 e. The average molecular weight is 430 g/mol. The number of rotatable bonds is 4.